The van der Waals surface area contributed by atoms with Gasteiger partial charge < -0.3 is 14.5 Å². The van der Waals surface area contributed by atoms with E-state index in [-0.39, 0.29) is 18.1 Å². The average molecular weight is 375 g/mol. The van der Waals surface area contributed by atoms with Gasteiger partial charge in [0.05, 0.1) is 29.8 Å². The molecule has 1 aliphatic rings. The highest BCUT2D eigenvalue weighted by Gasteiger charge is 2.37. The summed E-state index contributed by atoms with van der Waals surface area (Å²) in [6.45, 7) is 1.86. The van der Waals surface area contributed by atoms with Crippen molar-refractivity contribution in [1.29, 1.82) is 0 Å². The number of benzene rings is 2. The molecule has 0 aliphatic carbocycles. The standard InChI is InChI=1S/C23H25N3O2/c1-25(2)16-21-22(17-8-4-3-5-9-17)26(14-15-28-21)23(27)19-12-13-24-20-11-7-6-10-18(19)20/h3-13,21-22H,14-16H2,1-2H3/t21-,22-/m0/s1. The fourth-order valence-electron chi connectivity index (χ4n) is 3.96. The van der Waals surface area contributed by atoms with Crippen LogP contribution in [0.4, 0.5) is 0 Å². The molecule has 5 nitrogen and oxygen atoms in total. The molecule has 0 saturated carbocycles. The van der Waals surface area contributed by atoms with Crippen LogP contribution < -0.4 is 0 Å². The molecule has 1 saturated heterocycles. The van der Waals surface area contributed by atoms with Crippen molar-refractivity contribution >= 4 is 16.8 Å². The molecular formula is C23H25N3O2. The minimum absolute atomic E-state index is 0.0273. The number of likely N-dealkylation sites (N-methyl/N-ethyl adjacent to an activating group) is 1. The fourth-order valence-corrected chi connectivity index (χ4v) is 3.96. The second-order valence-electron chi connectivity index (χ2n) is 7.40. The van der Waals surface area contributed by atoms with Gasteiger partial charge in [-0.05, 0) is 31.8 Å². The van der Waals surface area contributed by atoms with E-state index in [9.17, 15) is 4.79 Å². The van der Waals surface area contributed by atoms with Crippen LogP contribution in [0.5, 0.6) is 0 Å². The lowest BCUT2D eigenvalue weighted by atomic mass is 9.96. The SMILES string of the molecule is CN(C)C[C@@H]1OCCN(C(=O)c2ccnc3ccccc23)[C@H]1c1ccccc1. The quantitative estimate of drug-likeness (QED) is 0.701. The van der Waals surface area contributed by atoms with Gasteiger partial charge in [-0.3, -0.25) is 9.78 Å². The highest BCUT2D eigenvalue weighted by molar-refractivity contribution is 6.06. The largest absolute Gasteiger partial charge is 0.373 e. The minimum Gasteiger partial charge on any atom is -0.373 e. The zero-order chi connectivity index (χ0) is 19.5. The average Bonchev–Trinajstić information content (AvgIpc) is 2.73. The van der Waals surface area contributed by atoms with E-state index in [4.69, 9.17) is 4.74 Å². The summed E-state index contributed by atoms with van der Waals surface area (Å²) in [5.74, 6) is 0.0273. The minimum atomic E-state index is -0.128. The van der Waals surface area contributed by atoms with Gasteiger partial charge in [-0.2, -0.15) is 0 Å². The molecule has 0 spiro atoms. The van der Waals surface area contributed by atoms with Gasteiger partial charge in [-0.1, -0.05) is 48.5 Å². The summed E-state index contributed by atoms with van der Waals surface area (Å²) in [4.78, 5) is 22.1. The first-order chi connectivity index (χ1) is 13.6. The molecule has 1 amide bonds. The van der Waals surface area contributed by atoms with Gasteiger partial charge in [0.1, 0.15) is 0 Å². The number of carbonyl (C=O) groups is 1. The predicted molar refractivity (Wildman–Crippen MR) is 110 cm³/mol. The van der Waals surface area contributed by atoms with Crippen molar-refractivity contribution in [3.8, 4) is 0 Å². The summed E-state index contributed by atoms with van der Waals surface area (Å²) >= 11 is 0. The number of carbonyl (C=O) groups excluding carboxylic acids is 1. The zero-order valence-electron chi connectivity index (χ0n) is 16.3. The van der Waals surface area contributed by atoms with Gasteiger partial charge in [-0.25, -0.2) is 0 Å². The van der Waals surface area contributed by atoms with Crippen molar-refractivity contribution < 1.29 is 9.53 Å². The van der Waals surface area contributed by atoms with Gasteiger partial charge in [0.2, 0.25) is 0 Å². The number of pyridine rings is 1. The predicted octanol–water partition coefficient (Wildman–Crippen LogP) is 3.38. The van der Waals surface area contributed by atoms with Crippen LogP contribution in [0.2, 0.25) is 0 Å². The van der Waals surface area contributed by atoms with Crippen LogP contribution >= 0.6 is 0 Å². The Balaban J connectivity index is 1.75. The van der Waals surface area contributed by atoms with Crippen molar-refractivity contribution in [2.75, 3.05) is 33.8 Å². The van der Waals surface area contributed by atoms with Gasteiger partial charge in [0.25, 0.3) is 5.91 Å². The van der Waals surface area contributed by atoms with E-state index < -0.39 is 0 Å². The number of fused-ring (bicyclic) bond motifs is 1. The molecule has 0 N–H and O–H groups in total. The third-order valence-electron chi connectivity index (χ3n) is 5.18. The number of morpholine rings is 1. The van der Waals surface area contributed by atoms with Gasteiger partial charge in [-0.15, -0.1) is 0 Å². The Morgan fingerprint density at radius 3 is 2.64 bits per heavy atom. The van der Waals surface area contributed by atoms with Crippen molar-refractivity contribution in [1.82, 2.24) is 14.8 Å². The highest BCUT2D eigenvalue weighted by atomic mass is 16.5. The van der Waals surface area contributed by atoms with Crippen LogP contribution in [0, 0.1) is 0 Å². The third kappa shape index (κ3) is 3.63. The number of rotatable bonds is 4. The van der Waals surface area contributed by atoms with Gasteiger partial charge >= 0.3 is 0 Å². The van der Waals surface area contributed by atoms with E-state index in [1.165, 1.54) is 0 Å². The second-order valence-corrected chi connectivity index (χ2v) is 7.40. The molecule has 2 atom stereocenters. The van der Waals surface area contributed by atoms with Crippen LogP contribution in [-0.2, 0) is 4.74 Å². The maximum atomic E-state index is 13.7. The van der Waals surface area contributed by atoms with Gasteiger partial charge in [0, 0.05) is 24.7 Å². The molecule has 28 heavy (non-hydrogen) atoms. The zero-order valence-corrected chi connectivity index (χ0v) is 16.3. The van der Waals surface area contributed by atoms with E-state index in [2.05, 4.69) is 22.0 Å². The lowest BCUT2D eigenvalue weighted by molar-refractivity contribution is -0.0684. The number of aromatic nitrogens is 1. The summed E-state index contributed by atoms with van der Waals surface area (Å²) in [5, 5.41) is 0.887. The first kappa shape index (κ1) is 18.6. The number of nitrogens with zero attached hydrogens (tertiary/aromatic N) is 3. The summed E-state index contributed by atoms with van der Waals surface area (Å²) in [5.41, 5.74) is 2.63. The molecule has 2 heterocycles. The number of amides is 1. The van der Waals surface area contributed by atoms with Gasteiger partial charge in [0.15, 0.2) is 0 Å². The first-order valence-corrected chi connectivity index (χ1v) is 9.61. The maximum absolute atomic E-state index is 13.7. The van der Waals surface area contributed by atoms with E-state index >= 15 is 0 Å². The molecule has 2 aromatic carbocycles. The lowest BCUT2D eigenvalue weighted by Crippen LogP contribution is -2.51. The number of hydrogen-bond acceptors (Lipinski definition) is 4. The third-order valence-corrected chi connectivity index (χ3v) is 5.18. The van der Waals surface area contributed by atoms with Crippen LogP contribution in [0.3, 0.4) is 0 Å². The summed E-state index contributed by atoms with van der Waals surface area (Å²) in [6, 6.07) is 19.7. The molecule has 4 rings (SSSR count). The van der Waals surface area contributed by atoms with Crippen molar-refractivity contribution in [3.05, 3.63) is 78.0 Å². The van der Waals surface area contributed by atoms with Crippen LogP contribution in [0.25, 0.3) is 10.9 Å². The monoisotopic (exact) mass is 375 g/mol. The Kier molecular flexibility index (Phi) is 5.37. The summed E-state index contributed by atoms with van der Waals surface area (Å²) in [7, 11) is 4.06. The van der Waals surface area contributed by atoms with Crippen LogP contribution in [0.1, 0.15) is 22.0 Å². The van der Waals surface area contributed by atoms with E-state index in [1.807, 2.05) is 67.5 Å². The maximum Gasteiger partial charge on any atom is 0.255 e. The van der Waals surface area contributed by atoms with E-state index in [1.54, 1.807) is 6.20 Å². The number of ether oxygens (including phenoxy) is 1. The Bertz CT molecular complexity index is 953. The van der Waals surface area contributed by atoms with Crippen LogP contribution in [0.15, 0.2) is 66.9 Å². The fraction of sp³-hybridized carbons (Fsp3) is 0.304. The topological polar surface area (TPSA) is 45.7 Å². The molecule has 144 valence electrons. The highest BCUT2D eigenvalue weighted by Crippen LogP contribution is 2.32. The van der Waals surface area contributed by atoms with E-state index in [0.717, 1.165) is 23.0 Å². The number of para-hydroxylation sites is 1. The van der Waals surface area contributed by atoms with Crippen molar-refractivity contribution in [2.24, 2.45) is 0 Å². The molecule has 3 aromatic rings. The normalized spacial score (nSPS) is 19.9. The smallest absolute Gasteiger partial charge is 0.255 e. The first-order valence-electron chi connectivity index (χ1n) is 9.61. The molecule has 0 radical (unpaired) electrons. The van der Waals surface area contributed by atoms with E-state index in [0.29, 0.717) is 18.7 Å². The second kappa shape index (κ2) is 8.09. The van der Waals surface area contributed by atoms with Crippen molar-refractivity contribution in [3.63, 3.8) is 0 Å². The molecule has 1 fully saturated rings. The Morgan fingerprint density at radius 1 is 1.11 bits per heavy atom. The summed E-state index contributed by atoms with van der Waals surface area (Å²) in [6.07, 6.45) is 1.63. The molecule has 1 aromatic heterocycles. The molecule has 0 bridgehead atoms. The Hall–Kier alpha value is -2.76. The Morgan fingerprint density at radius 2 is 1.86 bits per heavy atom. The Labute approximate surface area is 165 Å². The molecular weight excluding hydrogens is 350 g/mol. The molecule has 1 aliphatic heterocycles. The van der Waals surface area contributed by atoms with Crippen molar-refractivity contribution in [2.45, 2.75) is 12.1 Å². The van der Waals surface area contributed by atoms with Crippen LogP contribution in [-0.4, -0.2) is 60.6 Å². The lowest BCUT2D eigenvalue weighted by Gasteiger charge is -2.42. The molecule has 0 unspecified atom stereocenters. The number of hydrogen-bond donors (Lipinski definition) is 0. The summed E-state index contributed by atoms with van der Waals surface area (Å²) < 4.78 is 6.11. The molecule has 5 heteroatoms.